The van der Waals surface area contributed by atoms with Gasteiger partial charge in [0.2, 0.25) is 0 Å². The number of aromatic nitrogens is 3. The Morgan fingerprint density at radius 2 is 1.87 bits per heavy atom. The van der Waals surface area contributed by atoms with Gasteiger partial charge in [-0.1, -0.05) is 12.1 Å². The van der Waals surface area contributed by atoms with E-state index < -0.39 is 0 Å². The van der Waals surface area contributed by atoms with Crippen LogP contribution in [0, 0.1) is 6.92 Å². The fraction of sp³-hybridized carbons (Fsp3) is 0.364. The van der Waals surface area contributed by atoms with Crippen molar-refractivity contribution in [2.45, 2.75) is 33.0 Å². The maximum atomic E-state index is 13.1. The van der Waals surface area contributed by atoms with E-state index in [0.29, 0.717) is 29.9 Å². The average Bonchev–Trinajstić information content (AvgIpc) is 3.00. The Kier molecular flexibility index (Phi) is 5.26. The van der Waals surface area contributed by atoms with Crippen LogP contribution in [0.5, 0.6) is 0 Å². The van der Waals surface area contributed by atoms with Crippen LogP contribution in [0.2, 0.25) is 0 Å². The summed E-state index contributed by atoms with van der Waals surface area (Å²) in [4.78, 5) is 32.2. The number of amides is 2. The lowest BCUT2D eigenvalue weighted by Crippen LogP contribution is -2.48. The molecule has 0 saturated carbocycles. The zero-order chi connectivity index (χ0) is 21.4. The second kappa shape index (κ2) is 7.87. The number of morpholine rings is 1. The molecular formula is C22H25N5O3. The smallest absolute Gasteiger partial charge is 0.257 e. The van der Waals surface area contributed by atoms with Crippen molar-refractivity contribution in [1.29, 1.82) is 0 Å². The monoisotopic (exact) mass is 407 g/mol. The van der Waals surface area contributed by atoms with E-state index in [1.165, 1.54) is 6.20 Å². The number of para-hydroxylation sites is 1. The highest BCUT2D eigenvalue weighted by molar-refractivity contribution is 6.09. The molecule has 2 aromatic heterocycles. The van der Waals surface area contributed by atoms with Crippen molar-refractivity contribution in [1.82, 2.24) is 19.7 Å². The Bertz CT molecular complexity index is 1110. The maximum Gasteiger partial charge on any atom is 0.257 e. The summed E-state index contributed by atoms with van der Waals surface area (Å²) in [6.45, 7) is 6.82. The topological polar surface area (TPSA) is 89.3 Å². The number of fused-ring (bicyclic) bond motifs is 1. The molecule has 1 aliphatic heterocycles. The van der Waals surface area contributed by atoms with Gasteiger partial charge in [0.05, 0.1) is 34.7 Å². The lowest BCUT2D eigenvalue weighted by Gasteiger charge is -2.35. The molecule has 3 heterocycles. The van der Waals surface area contributed by atoms with Crippen molar-refractivity contribution in [3.63, 3.8) is 0 Å². The van der Waals surface area contributed by atoms with E-state index in [2.05, 4.69) is 15.4 Å². The van der Waals surface area contributed by atoms with Crippen LogP contribution in [-0.2, 0) is 11.8 Å². The first-order valence-corrected chi connectivity index (χ1v) is 9.98. The molecule has 0 unspecified atom stereocenters. The summed E-state index contributed by atoms with van der Waals surface area (Å²) >= 11 is 0. The van der Waals surface area contributed by atoms with Crippen LogP contribution >= 0.6 is 0 Å². The van der Waals surface area contributed by atoms with Crippen LogP contribution < -0.4 is 5.32 Å². The van der Waals surface area contributed by atoms with E-state index in [1.807, 2.05) is 27.8 Å². The number of hydrogen-bond acceptors (Lipinski definition) is 5. The van der Waals surface area contributed by atoms with Crippen molar-refractivity contribution < 1.29 is 14.3 Å². The minimum Gasteiger partial charge on any atom is -0.372 e. The molecule has 0 spiro atoms. The number of carbonyl (C=O) groups is 2. The highest BCUT2D eigenvalue weighted by atomic mass is 16.5. The van der Waals surface area contributed by atoms with E-state index >= 15 is 0 Å². The third kappa shape index (κ3) is 3.78. The van der Waals surface area contributed by atoms with Crippen molar-refractivity contribution in [2.75, 3.05) is 18.4 Å². The molecule has 3 aromatic rings. The zero-order valence-corrected chi connectivity index (χ0v) is 17.5. The summed E-state index contributed by atoms with van der Waals surface area (Å²) in [7, 11) is 1.82. The highest BCUT2D eigenvalue weighted by Gasteiger charge is 2.28. The standard InChI is InChI=1S/C22H25N5O3/c1-13-11-27(12-14(2)30-13)22(29)17-7-5-6-8-19(17)24-21(28)16-9-18-15(3)25-26(4)20(18)23-10-16/h5-10,13-14H,11-12H2,1-4H3,(H,24,28)/t13-,14-/m0/s1. The van der Waals surface area contributed by atoms with Gasteiger partial charge in [-0.15, -0.1) is 0 Å². The van der Waals surface area contributed by atoms with Gasteiger partial charge in [-0.25, -0.2) is 4.98 Å². The number of hydrogen-bond donors (Lipinski definition) is 1. The van der Waals surface area contributed by atoms with Gasteiger partial charge in [0.1, 0.15) is 0 Å². The molecule has 8 nitrogen and oxygen atoms in total. The summed E-state index contributed by atoms with van der Waals surface area (Å²) in [5.41, 5.74) is 2.87. The lowest BCUT2D eigenvalue weighted by atomic mass is 10.1. The van der Waals surface area contributed by atoms with E-state index in [9.17, 15) is 9.59 Å². The number of benzene rings is 1. The summed E-state index contributed by atoms with van der Waals surface area (Å²) in [6, 6.07) is 8.83. The van der Waals surface area contributed by atoms with Gasteiger partial charge in [-0.05, 0) is 39.0 Å². The SMILES string of the molecule is Cc1nn(C)c2ncc(C(=O)Nc3ccccc3C(=O)N3C[C@H](C)O[C@@H](C)C3)cc12. The van der Waals surface area contributed by atoms with Crippen LogP contribution in [0.3, 0.4) is 0 Å². The quantitative estimate of drug-likeness (QED) is 0.721. The number of carbonyl (C=O) groups excluding carboxylic acids is 2. The number of nitrogens with one attached hydrogen (secondary N) is 1. The zero-order valence-electron chi connectivity index (χ0n) is 17.5. The van der Waals surface area contributed by atoms with Gasteiger partial charge in [0.25, 0.3) is 11.8 Å². The summed E-state index contributed by atoms with van der Waals surface area (Å²) in [5, 5.41) is 8.04. The molecule has 1 aliphatic rings. The Balaban J connectivity index is 1.59. The molecule has 8 heteroatoms. The summed E-state index contributed by atoms with van der Waals surface area (Å²) in [5.74, 6) is -0.443. The Morgan fingerprint density at radius 1 is 1.17 bits per heavy atom. The van der Waals surface area contributed by atoms with Gasteiger partial charge >= 0.3 is 0 Å². The Hall–Kier alpha value is -3.26. The number of nitrogens with zero attached hydrogens (tertiary/aromatic N) is 4. The molecular weight excluding hydrogens is 382 g/mol. The largest absolute Gasteiger partial charge is 0.372 e. The molecule has 1 N–H and O–H groups in total. The number of pyridine rings is 1. The van der Waals surface area contributed by atoms with Gasteiger partial charge < -0.3 is 15.0 Å². The molecule has 1 saturated heterocycles. The molecule has 1 fully saturated rings. The van der Waals surface area contributed by atoms with Gasteiger partial charge in [0, 0.05) is 31.7 Å². The van der Waals surface area contributed by atoms with Gasteiger partial charge in [-0.2, -0.15) is 5.10 Å². The first-order chi connectivity index (χ1) is 14.3. The number of rotatable bonds is 3. The van der Waals surface area contributed by atoms with Gasteiger partial charge in [0.15, 0.2) is 5.65 Å². The third-order valence-electron chi connectivity index (χ3n) is 5.24. The molecule has 2 amide bonds. The third-order valence-corrected chi connectivity index (χ3v) is 5.24. The summed E-state index contributed by atoms with van der Waals surface area (Å²) < 4.78 is 7.41. The fourth-order valence-electron chi connectivity index (χ4n) is 3.92. The van der Waals surface area contributed by atoms with E-state index in [0.717, 1.165) is 16.7 Å². The number of ether oxygens (including phenoxy) is 1. The Labute approximate surface area is 174 Å². The van der Waals surface area contributed by atoms with Gasteiger partial charge in [-0.3, -0.25) is 14.3 Å². The van der Waals surface area contributed by atoms with Crippen molar-refractivity contribution >= 4 is 28.5 Å². The second-order valence-electron chi connectivity index (χ2n) is 7.77. The molecule has 0 radical (unpaired) electrons. The minimum atomic E-state index is -0.323. The van der Waals surface area contributed by atoms with Crippen molar-refractivity contribution in [2.24, 2.45) is 7.05 Å². The first-order valence-electron chi connectivity index (χ1n) is 9.98. The predicted octanol–water partition coefficient (Wildman–Crippen LogP) is 2.78. The first kappa shape index (κ1) is 20.0. The van der Waals surface area contributed by atoms with Crippen LogP contribution in [0.25, 0.3) is 11.0 Å². The minimum absolute atomic E-state index is 0.0278. The van der Waals surface area contributed by atoms with E-state index in [4.69, 9.17) is 4.74 Å². The van der Waals surface area contributed by atoms with Crippen LogP contribution in [0.15, 0.2) is 36.5 Å². The highest BCUT2D eigenvalue weighted by Crippen LogP contribution is 2.22. The van der Waals surface area contributed by atoms with E-state index in [-0.39, 0.29) is 24.0 Å². The number of anilines is 1. The van der Waals surface area contributed by atoms with E-state index in [1.54, 1.807) is 39.9 Å². The Morgan fingerprint density at radius 3 is 2.60 bits per heavy atom. The molecule has 0 bridgehead atoms. The molecule has 1 aromatic carbocycles. The molecule has 30 heavy (non-hydrogen) atoms. The molecule has 4 rings (SSSR count). The van der Waals surface area contributed by atoms with Crippen LogP contribution in [-0.4, -0.2) is 56.8 Å². The second-order valence-corrected chi connectivity index (χ2v) is 7.77. The van der Waals surface area contributed by atoms with Crippen LogP contribution in [0.1, 0.15) is 40.3 Å². The summed E-state index contributed by atoms with van der Waals surface area (Å²) in [6.07, 6.45) is 1.47. The molecule has 2 atom stereocenters. The normalized spacial score (nSPS) is 19.1. The van der Waals surface area contributed by atoms with Crippen LogP contribution in [0.4, 0.5) is 5.69 Å². The molecule has 156 valence electrons. The predicted molar refractivity (Wildman–Crippen MR) is 114 cm³/mol. The lowest BCUT2D eigenvalue weighted by molar-refractivity contribution is -0.0585. The maximum absolute atomic E-state index is 13.1. The average molecular weight is 407 g/mol. The van der Waals surface area contributed by atoms with Crippen molar-refractivity contribution in [3.8, 4) is 0 Å². The fourth-order valence-corrected chi connectivity index (χ4v) is 3.92. The molecule has 0 aliphatic carbocycles. The number of aryl methyl sites for hydroxylation is 2. The van der Waals surface area contributed by atoms with Crippen molar-refractivity contribution in [3.05, 3.63) is 53.3 Å².